The highest BCUT2D eigenvalue weighted by atomic mass is 16.2. The molecule has 1 aromatic rings. The maximum absolute atomic E-state index is 12.4. The quantitative estimate of drug-likeness (QED) is 0.845. The van der Waals surface area contributed by atoms with Gasteiger partial charge in [-0.25, -0.2) is 0 Å². The van der Waals surface area contributed by atoms with Crippen molar-refractivity contribution in [1.82, 2.24) is 19.6 Å². The predicted molar refractivity (Wildman–Crippen MR) is 82.0 cm³/mol. The number of rotatable bonds is 4. The van der Waals surface area contributed by atoms with Gasteiger partial charge >= 0.3 is 0 Å². The predicted octanol–water partition coefficient (Wildman–Crippen LogP) is 1.43. The van der Waals surface area contributed by atoms with Crippen molar-refractivity contribution in [3.8, 4) is 0 Å². The number of carbonyl (C=O) groups is 2. The fourth-order valence-electron chi connectivity index (χ4n) is 3.34. The first kappa shape index (κ1) is 15.1. The van der Waals surface area contributed by atoms with Gasteiger partial charge in [-0.2, -0.15) is 5.10 Å². The van der Waals surface area contributed by atoms with Crippen LogP contribution in [0, 0.1) is 5.92 Å². The molecule has 1 saturated heterocycles. The lowest BCUT2D eigenvalue weighted by molar-refractivity contribution is -0.134. The largest absolute Gasteiger partial charge is 0.340 e. The number of aromatic nitrogens is 2. The molecule has 0 saturated carbocycles. The Morgan fingerprint density at radius 2 is 2.27 bits per heavy atom. The second-order valence-corrected chi connectivity index (χ2v) is 6.74. The lowest BCUT2D eigenvalue weighted by Gasteiger charge is -2.36. The summed E-state index contributed by atoms with van der Waals surface area (Å²) >= 11 is 0. The van der Waals surface area contributed by atoms with Crippen LogP contribution in [0.1, 0.15) is 44.8 Å². The van der Waals surface area contributed by atoms with Crippen molar-refractivity contribution in [2.24, 2.45) is 5.92 Å². The first-order valence-corrected chi connectivity index (χ1v) is 8.12. The highest BCUT2D eigenvalue weighted by Gasteiger charge is 2.32. The third-order valence-electron chi connectivity index (χ3n) is 4.42. The van der Waals surface area contributed by atoms with E-state index >= 15 is 0 Å². The SMILES string of the molecule is CC(C)CC(=O)N1Cc2ccnn2[C@H](CN2CCCC2=O)C1. The number of amides is 2. The van der Waals surface area contributed by atoms with E-state index < -0.39 is 0 Å². The molecule has 0 N–H and O–H groups in total. The maximum Gasteiger partial charge on any atom is 0.223 e. The van der Waals surface area contributed by atoms with Gasteiger partial charge in [0.05, 0.1) is 18.3 Å². The standard InChI is InChI=1S/C16H24N4O2/c1-12(2)8-16(22)19-9-13-5-6-17-20(13)14(11-19)10-18-7-3-4-15(18)21/h5-6,12,14H,3-4,7-11H2,1-2H3/t14-/m1/s1. The molecule has 120 valence electrons. The Balaban J connectivity index is 1.74. The average Bonchev–Trinajstić information content (AvgIpc) is 3.07. The lowest BCUT2D eigenvalue weighted by atomic mass is 10.1. The molecule has 1 atom stereocenters. The molecule has 2 aliphatic heterocycles. The van der Waals surface area contributed by atoms with E-state index in [-0.39, 0.29) is 17.9 Å². The first-order chi connectivity index (χ1) is 10.5. The Morgan fingerprint density at radius 3 is 2.95 bits per heavy atom. The number of likely N-dealkylation sites (tertiary alicyclic amines) is 1. The third kappa shape index (κ3) is 3.00. The highest BCUT2D eigenvalue weighted by Crippen LogP contribution is 2.24. The number of carbonyl (C=O) groups excluding carboxylic acids is 2. The molecule has 0 aliphatic carbocycles. The normalized spacial score (nSPS) is 21.6. The van der Waals surface area contributed by atoms with Gasteiger partial charge in [-0.3, -0.25) is 14.3 Å². The Bertz CT molecular complexity index is 566. The number of nitrogens with zero attached hydrogens (tertiary/aromatic N) is 4. The minimum atomic E-state index is 0.0666. The lowest BCUT2D eigenvalue weighted by Crippen LogP contribution is -2.45. The van der Waals surface area contributed by atoms with Gasteiger partial charge in [0.1, 0.15) is 0 Å². The van der Waals surface area contributed by atoms with Crippen LogP contribution in [0.4, 0.5) is 0 Å². The molecular weight excluding hydrogens is 280 g/mol. The van der Waals surface area contributed by atoms with Gasteiger partial charge in [-0.1, -0.05) is 13.8 Å². The molecule has 3 rings (SSSR count). The van der Waals surface area contributed by atoms with Crippen molar-refractivity contribution in [3.63, 3.8) is 0 Å². The molecule has 0 radical (unpaired) electrons. The second kappa shape index (κ2) is 6.10. The summed E-state index contributed by atoms with van der Waals surface area (Å²) in [6, 6.07) is 2.03. The number of hydrogen-bond acceptors (Lipinski definition) is 3. The van der Waals surface area contributed by atoms with E-state index in [1.807, 2.05) is 20.5 Å². The van der Waals surface area contributed by atoms with Crippen molar-refractivity contribution >= 4 is 11.8 Å². The van der Waals surface area contributed by atoms with Crippen LogP contribution < -0.4 is 0 Å². The monoisotopic (exact) mass is 304 g/mol. The number of fused-ring (bicyclic) bond motifs is 1. The fourth-order valence-corrected chi connectivity index (χ4v) is 3.34. The van der Waals surface area contributed by atoms with E-state index in [1.54, 1.807) is 6.20 Å². The van der Waals surface area contributed by atoms with Crippen molar-refractivity contribution in [3.05, 3.63) is 18.0 Å². The molecule has 6 nitrogen and oxygen atoms in total. The molecular formula is C16H24N4O2. The molecule has 0 unspecified atom stereocenters. The van der Waals surface area contributed by atoms with Crippen molar-refractivity contribution in [2.75, 3.05) is 19.6 Å². The van der Waals surface area contributed by atoms with Crippen LogP contribution in [0.2, 0.25) is 0 Å². The smallest absolute Gasteiger partial charge is 0.223 e. The average molecular weight is 304 g/mol. The Labute approximate surface area is 131 Å². The summed E-state index contributed by atoms with van der Waals surface area (Å²) in [4.78, 5) is 28.1. The zero-order valence-corrected chi connectivity index (χ0v) is 13.4. The Kier molecular flexibility index (Phi) is 4.18. The van der Waals surface area contributed by atoms with Gasteiger partial charge in [0, 0.05) is 38.7 Å². The summed E-state index contributed by atoms with van der Waals surface area (Å²) < 4.78 is 1.99. The van der Waals surface area contributed by atoms with E-state index in [9.17, 15) is 9.59 Å². The number of hydrogen-bond donors (Lipinski definition) is 0. The molecule has 1 fully saturated rings. The Hall–Kier alpha value is -1.85. The van der Waals surface area contributed by atoms with Crippen molar-refractivity contribution in [1.29, 1.82) is 0 Å². The summed E-state index contributed by atoms with van der Waals surface area (Å²) in [5, 5.41) is 4.40. The van der Waals surface area contributed by atoms with E-state index in [0.29, 0.717) is 38.4 Å². The minimum absolute atomic E-state index is 0.0666. The van der Waals surface area contributed by atoms with Gasteiger partial charge in [0.25, 0.3) is 0 Å². The van der Waals surface area contributed by atoms with E-state index in [2.05, 4.69) is 18.9 Å². The minimum Gasteiger partial charge on any atom is -0.340 e. The molecule has 3 heterocycles. The van der Waals surface area contributed by atoms with Gasteiger partial charge in [0.2, 0.25) is 11.8 Å². The van der Waals surface area contributed by atoms with Crippen molar-refractivity contribution in [2.45, 2.75) is 45.7 Å². The van der Waals surface area contributed by atoms with Crippen LogP contribution >= 0.6 is 0 Å². The van der Waals surface area contributed by atoms with Gasteiger partial charge in [-0.05, 0) is 18.4 Å². The molecule has 2 aliphatic rings. The molecule has 0 spiro atoms. The Morgan fingerprint density at radius 1 is 1.45 bits per heavy atom. The molecule has 1 aromatic heterocycles. The zero-order chi connectivity index (χ0) is 15.7. The molecule has 22 heavy (non-hydrogen) atoms. The summed E-state index contributed by atoms with van der Waals surface area (Å²) in [6.45, 7) is 6.86. The highest BCUT2D eigenvalue weighted by molar-refractivity contribution is 5.78. The summed E-state index contributed by atoms with van der Waals surface area (Å²) in [7, 11) is 0. The van der Waals surface area contributed by atoms with Gasteiger partial charge in [-0.15, -0.1) is 0 Å². The van der Waals surface area contributed by atoms with Crippen LogP contribution in [0.15, 0.2) is 12.3 Å². The van der Waals surface area contributed by atoms with E-state index in [0.717, 1.165) is 18.7 Å². The molecule has 6 heteroatoms. The first-order valence-electron chi connectivity index (χ1n) is 8.12. The van der Waals surface area contributed by atoms with Crippen LogP contribution in [0.25, 0.3) is 0 Å². The molecule has 0 aromatic carbocycles. The zero-order valence-electron chi connectivity index (χ0n) is 13.4. The van der Waals surface area contributed by atoms with Gasteiger partial charge in [0.15, 0.2) is 0 Å². The topological polar surface area (TPSA) is 58.4 Å². The summed E-state index contributed by atoms with van der Waals surface area (Å²) in [6.07, 6.45) is 3.94. The molecule has 2 amide bonds. The van der Waals surface area contributed by atoms with E-state index in [1.165, 1.54) is 0 Å². The fraction of sp³-hybridized carbons (Fsp3) is 0.688. The molecule has 0 bridgehead atoms. The summed E-state index contributed by atoms with van der Waals surface area (Å²) in [5.74, 6) is 0.775. The van der Waals surface area contributed by atoms with Crippen LogP contribution in [-0.4, -0.2) is 51.0 Å². The summed E-state index contributed by atoms with van der Waals surface area (Å²) in [5.41, 5.74) is 1.06. The van der Waals surface area contributed by atoms with Crippen LogP contribution in [0.3, 0.4) is 0 Å². The van der Waals surface area contributed by atoms with Crippen LogP contribution in [-0.2, 0) is 16.1 Å². The second-order valence-electron chi connectivity index (χ2n) is 6.74. The van der Waals surface area contributed by atoms with Gasteiger partial charge < -0.3 is 9.80 Å². The van der Waals surface area contributed by atoms with E-state index in [4.69, 9.17) is 0 Å². The third-order valence-corrected chi connectivity index (χ3v) is 4.42. The maximum atomic E-state index is 12.4. The van der Waals surface area contributed by atoms with Crippen molar-refractivity contribution < 1.29 is 9.59 Å². The van der Waals surface area contributed by atoms with Crippen LogP contribution in [0.5, 0.6) is 0 Å².